The van der Waals surface area contributed by atoms with Gasteiger partial charge in [-0.25, -0.2) is 0 Å². The first kappa shape index (κ1) is 15.8. The van der Waals surface area contributed by atoms with Crippen molar-refractivity contribution in [3.8, 4) is 0 Å². The van der Waals surface area contributed by atoms with Crippen molar-refractivity contribution in [3.05, 3.63) is 59.7 Å². The van der Waals surface area contributed by atoms with Gasteiger partial charge in [0.15, 0.2) is 5.78 Å². The van der Waals surface area contributed by atoms with E-state index in [1.165, 1.54) is 6.92 Å². The van der Waals surface area contributed by atoms with Crippen molar-refractivity contribution >= 4 is 23.1 Å². The summed E-state index contributed by atoms with van der Waals surface area (Å²) in [7, 11) is 0. The molecule has 0 aliphatic rings. The second kappa shape index (κ2) is 7.41. The molecule has 0 aliphatic heterocycles. The SMILES string of the molecule is CC(=O)c1cccc(NC(=O)CCNc2ccccc2C)c1. The Balaban J connectivity index is 1.84. The number of benzene rings is 2. The summed E-state index contributed by atoms with van der Waals surface area (Å²) in [6.45, 7) is 4.09. The lowest BCUT2D eigenvalue weighted by molar-refractivity contribution is -0.115. The molecule has 0 heterocycles. The fourth-order valence-corrected chi connectivity index (χ4v) is 2.12. The van der Waals surface area contributed by atoms with Crippen LogP contribution in [0.15, 0.2) is 48.5 Å². The summed E-state index contributed by atoms with van der Waals surface area (Å²) in [5.41, 5.74) is 3.43. The maximum atomic E-state index is 11.9. The maximum Gasteiger partial charge on any atom is 0.226 e. The van der Waals surface area contributed by atoms with Gasteiger partial charge in [0, 0.05) is 29.9 Å². The summed E-state index contributed by atoms with van der Waals surface area (Å²) < 4.78 is 0. The molecule has 0 spiro atoms. The zero-order chi connectivity index (χ0) is 15.9. The van der Waals surface area contributed by atoms with Gasteiger partial charge >= 0.3 is 0 Å². The molecule has 0 aliphatic carbocycles. The van der Waals surface area contributed by atoms with Crippen LogP contribution in [0.2, 0.25) is 0 Å². The van der Waals surface area contributed by atoms with Crippen molar-refractivity contribution in [2.75, 3.05) is 17.2 Å². The first-order valence-electron chi connectivity index (χ1n) is 7.26. The number of hydrogen-bond acceptors (Lipinski definition) is 3. The average molecular weight is 296 g/mol. The Morgan fingerprint density at radius 3 is 2.55 bits per heavy atom. The Morgan fingerprint density at radius 1 is 1.05 bits per heavy atom. The summed E-state index contributed by atoms with van der Waals surface area (Å²) in [6.07, 6.45) is 0.360. The van der Waals surface area contributed by atoms with E-state index in [4.69, 9.17) is 0 Å². The highest BCUT2D eigenvalue weighted by Crippen LogP contribution is 2.14. The van der Waals surface area contributed by atoms with E-state index in [-0.39, 0.29) is 11.7 Å². The van der Waals surface area contributed by atoms with E-state index >= 15 is 0 Å². The van der Waals surface area contributed by atoms with Crippen molar-refractivity contribution in [2.45, 2.75) is 20.3 Å². The monoisotopic (exact) mass is 296 g/mol. The Kier molecular flexibility index (Phi) is 5.31. The largest absolute Gasteiger partial charge is 0.384 e. The summed E-state index contributed by atoms with van der Waals surface area (Å²) in [6, 6.07) is 14.9. The molecular weight excluding hydrogens is 276 g/mol. The van der Waals surface area contributed by atoms with Crippen molar-refractivity contribution in [1.29, 1.82) is 0 Å². The van der Waals surface area contributed by atoms with Gasteiger partial charge in [0.1, 0.15) is 0 Å². The highest BCUT2D eigenvalue weighted by atomic mass is 16.1. The minimum absolute atomic E-state index is 0.0164. The number of carbonyl (C=O) groups is 2. The van der Waals surface area contributed by atoms with E-state index in [0.717, 1.165) is 11.3 Å². The predicted octanol–water partition coefficient (Wildman–Crippen LogP) is 3.64. The van der Waals surface area contributed by atoms with Crippen LogP contribution in [0.1, 0.15) is 29.3 Å². The van der Waals surface area contributed by atoms with E-state index in [1.807, 2.05) is 31.2 Å². The lowest BCUT2D eigenvalue weighted by Gasteiger charge is -2.10. The predicted molar refractivity (Wildman–Crippen MR) is 89.4 cm³/mol. The number of aryl methyl sites for hydroxylation is 1. The van der Waals surface area contributed by atoms with Crippen LogP contribution >= 0.6 is 0 Å². The number of para-hydroxylation sites is 1. The molecule has 0 unspecified atom stereocenters. The van der Waals surface area contributed by atoms with Crippen molar-refractivity contribution in [3.63, 3.8) is 0 Å². The molecule has 0 aromatic heterocycles. The van der Waals surface area contributed by atoms with Crippen LogP contribution < -0.4 is 10.6 Å². The maximum absolute atomic E-state index is 11.9. The molecule has 4 heteroatoms. The fourth-order valence-electron chi connectivity index (χ4n) is 2.12. The van der Waals surface area contributed by atoms with E-state index in [9.17, 15) is 9.59 Å². The third-order valence-corrected chi connectivity index (χ3v) is 3.37. The highest BCUT2D eigenvalue weighted by molar-refractivity contribution is 5.97. The zero-order valence-corrected chi connectivity index (χ0v) is 12.8. The second-order valence-corrected chi connectivity index (χ2v) is 5.18. The molecule has 114 valence electrons. The molecule has 1 amide bonds. The van der Waals surface area contributed by atoms with Crippen molar-refractivity contribution in [2.24, 2.45) is 0 Å². The Bertz CT molecular complexity index is 680. The van der Waals surface area contributed by atoms with Gasteiger partial charge in [0.25, 0.3) is 0 Å². The molecule has 0 saturated heterocycles. The van der Waals surface area contributed by atoms with Gasteiger partial charge in [0.05, 0.1) is 0 Å². The standard InChI is InChI=1S/C18H20N2O2/c1-13-6-3-4-9-17(13)19-11-10-18(22)20-16-8-5-7-15(12-16)14(2)21/h3-9,12,19H,10-11H2,1-2H3,(H,20,22). The van der Waals surface area contributed by atoms with Crippen LogP contribution in [0.3, 0.4) is 0 Å². The number of nitrogens with one attached hydrogen (secondary N) is 2. The molecule has 2 N–H and O–H groups in total. The Labute approximate surface area is 130 Å². The first-order chi connectivity index (χ1) is 10.6. The normalized spacial score (nSPS) is 10.1. The fraction of sp³-hybridized carbons (Fsp3) is 0.222. The summed E-state index contributed by atoms with van der Waals surface area (Å²) in [5, 5.41) is 6.05. The molecule has 22 heavy (non-hydrogen) atoms. The van der Waals surface area contributed by atoms with Gasteiger partial charge in [-0.05, 0) is 37.6 Å². The molecular formula is C18H20N2O2. The number of amides is 1. The molecule has 0 radical (unpaired) electrons. The van der Waals surface area contributed by atoms with Crippen molar-refractivity contribution in [1.82, 2.24) is 0 Å². The van der Waals surface area contributed by atoms with Crippen molar-refractivity contribution < 1.29 is 9.59 Å². The summed E-state index contributed by atoms with van der Waals surface area (Å²) in [5.74, 6) is -0.0981. The molecule has 2 aromatic rings. The molecule has 2 aromatic carbocycles. The van der Waals surface area contributed by atoms with E-state index in [2.05, 4.69) is 10.6 Å². The molecule has 2 rings (SSSR count). The minimum atomic E-state index is -0.0817. The first-order valence-corrected chi connectivity index (χ1v) is 7.26. The molecule has 0 atom stereocenters. The number of anilines is 2. The van der Waals surface area contributed by atoms with E-state index in [0.29, 0.717) is 24.2 Å². The lowest BCUT2D eigenvalue weighted by atomic mass is 10.1. The molecule has 0 saturated carbocycles. The second-order valence-electron chi connectivity index (χ2n) is 5.18. The number of rotatable bonds is 6. The smallest absolute Gasteiger partial charge is 0.226 e. The number of hydrogen-bond donors (Lipinski definition) is 2. The highest BCUT2D eigenvalue weighted by Gasteiger charge is 2.05. The topological polar surface area (TPSA) is 58.2 Å². The van der Waals surface area contributed by atoms with Gasteiger partial charge < -0.3 is 10.6 Å². The molecule has 4 nitrogen and oxygen atoms in total. The Hall–Kier alpha value is -2.62. The third kappa shape index (κ3) is 4.45. The number of ketones is 1. The van der Waals surface area contributed by atoms with Crippen LogP contribution in [0.4, 0.5) is 11.4 Å². The number of Topliss-reactive ketones (excluding diaryl/α,β-unsaturated/α-hetero) is 1. The quantitative estimate of drug-likeness (QED) is 0.800. The van der Waals surface area contributed by atoms with Gasteiger partial charge in [-0.2, -0.15) is 0 Å². The van der Waals surface area contributed by atoms with Crippen LogP contribution in [0.25, 0.3) is 0 Å². The van der Waals surface area contributed by atoms with Crippen LogP contribution in [0, 0.1) is 6.92 Å². The van der Waals surface area contributed by atoms with Gasteiger partial charge in [-0.3, -0.25) is 9.59 Å². The third-order valence-electron chi connectivity index (χ3n) is 3.37. The Morgan fingerprint density at radius 2 is 1.82 bits per heavy atom. The van der Waals surface area contributed by atoms with Crippen LogP contribution in [-0.4, -0.2) is 18.2 Å². The minimum Gasteiger partial charge on any atom is -0.384 e. The van der Waals surface area contributed by atoms with Crippen LogP contribution in [-0.2, 0) is 4.79 Å². The molecule has 0 fully saturated rings. The lowest BCUT2D eigenvalue weighted by Crippen LogP contribution is -2.16. The molecule has 0 bridgehead atoms. The van der Waals surface area contributed by atoms with Gasteiger partial charge in [0.2, 0.25) is 5.91 Å². The van der Waals surface area contributed by atoms with Crippen LogP contribution in [0.5, 0.6) is 0 Å². The van der Waals surface area contributed by atoms with Gasteiger partial charge in [-0.1, -0.05) is 30.3 Å². The summed E-state index contributed by atoms with van der Waals surface area (Å²) in [4.78, 5) is 23.3. The van der Waals surface area contributed by atoms with E-state index in [1.54, 1.807) is 24.3 Å². The number of carbonyl (C=O) groups excluding carboxylic acids is 2. The van der Waals surface area contributed by atoms with Gasteiger partial charge in [-0.15, -0.1) is 0 Å². The zero-order valence-electron chi connectivity index (χ0n) is 12.8. The summed E-state index contributed by atoms with van der Waals surface area (Å²) >= 11 is 0. The average Bonchev–Trinajstić information content (AvgIpc) is 2.49. The van der Waals surface area contributed by atoms with E-state index < -0.39 is 0 Å².